The lowest BCUT2D eigenvalue weighted by Crippen LogP contribution is -2.01. The average molecular weight is 195 g/mol. The second-order valence-corrected chi connectivity index (χ2v) is 3.34. The van der Waals surface area contributed by atoms with Crippen LogP contribution in [0.15, 0.2) is 0 Å². The Kier molecular flexibility index (Phi) is 2.75. The summed E-state index contributed by atoms with van der Waals surface area (Å²) < 4.78 is 0. The number of hydrogen-bond acceptors (Lipinski definition) is 3. The van der Waals surface area contributed by atoms with Crippen molar-refractivity contribution in [3.8, 4) is 18.2 Å². The molecule has 3 heteroatoms. The van der Waals surface area contributed by atoms with Crippen molar-refractivity contribution in [1.82, 2.24) is 0 Å². The summed E-state index contributed by atoms with van der Waals surface area (Å²) in [6, 6.07) is 5.90. The molecule has 1 aromatic rings. The van der Waals surface area contributed by atoms with Crippen molar-refractivity contribution < 1.29 is 0 Å². The zero-order valence-electron chi connectivity index (χ0n) is 8.84. The van der Waals surface area contributed by atoms with E-state index < -0.39 is 0 Å². The third kappa shape index (κ3) is 1.43. The highest BCUT2D eigenvalue weighted by Gasteiger charge is 2.16. The van der Waals surface area contributed by atoms with Gasteiger partial charge in [-0.05, 0) is 37.5 Å². The van der Waals surface area contributed by atoms with Gasteiger partial charge in [0.05, 0.1) is 16.7 Å². The molecule has 0 radical (unpaired) electrons. The third-order valence-electron chi connectivity index (χ3n) is 2.71. The molecule has 0 saturated carbocycles. The Hall–Kier alpha value is -2.31. The monoisotopic (exact) mass is 195 g/mol. The van der Waals surface area contributed by atoms with Gasteiger partial charge in [0.1, 0.15) is 18.2 Å². The van der Waals surface area contributed by atoms with Gasteiger partial charge in [-0.2, -0.15) is 15.8 Å². The van der Waals surface area contributed by atoms with Crippen LogP contribution in [0.3, 0.4) is 0 Å². The molecule has 72 valence electrons. The number of hydrogen-bond donors (Lipinski definition) is 0. The van der Waals surface area contributed by atoms with Crippen molar-refractivity contribution in [3.63, 3.8) is 0 Å². The summed E-state index contributed by atoms with van der Waals surface area (Å²) >= 11 is 0. The van der Waals surface area contributed by atoms with Crippen molar-refractivity contribution in [2.24, 2.45) is 0 Å². The van der Waals surface area contributed by atoms with E-state index in [0.29, 0.717) is 11.1 Å². The van der Waals surface area contributed by atoms with Crippen LogP contribution in [0.5, 0.6) is 0 Å². The lowest BCUT2D eigenvalue weighted by molar-refractivity contribution is 1.21. The molecular weight excluding hydrogens is 186 g/mol. The Morgan fingerprint density at radius 1 is 0.600 bits per heavy atom. The fourth-order valence-corrected chi connectivity index (χ4v) is 1.55. The van der Waals surface area contributed by atoms with Crippen LogP contribution in [0.25, 0.3) is 0 Å². The van der Waals surface area contributed by atoms with Crippen molar-refractivity contribution in [1.29, 1.82) is 15.8 Å². The molecule has 0 spiro atoms. The van der Waals surface area contributed by atoms with Crippen LogP contribution < -0.4 is 0 Å². The van der Waals surface area contributed by atoms with Crippen LogP contribution in [0.2, 0.25) is 0 Å². The van der Waals surface area contributed by atoms with Crippen LogP contribution in [0.4, 0.5) is 0 Å². The predicted octanol–water partition coefficient (Wildman–Crippen LogP) is 2.23. The van der Waals surface area contributed by atoms with Crippen molar-refractivity contribution in [2.75, 3.05) is 0 Å². The SMILES string of the molecule is Cc1c(C)c(C#N)c(C#N)c(C#N)c1C. The molecule has 1 rings (SSSR count). The topological polar surface area (TPSA) is 71.4 Å². The average Bonchev–Trinajstić information content (AvgIpc) is 2.25. The smallest absolute Gasteiger partial charge is 0.102 e. The minimum absolute atomic E-state index is 0.195. The van der Waals surface area contributed by atoms with E-state index in [4.69, 9.17) is 15.8 Å². The van der Waals surface area contributed by atoms with Gasteiger partial charge < -0.3 is 0 Å². The molecule has 0 amide bonds. The highest BCUT2D eigenvalue weighted by molar-refractivity contribution is 5.63. The molecule has 0 unspecified atom stereocenters. The minimum atomic E-state index is 0.195. The summed E-state index contributed by atoms with van der Waals surface area (Å²) in [6.45, 7) is 5.44. The number of benzene rings is 1. The van der Waals surface area contributed by atoms with Gasteiger partial charge in [-0.15, -0.1) is 0 Å². The van der Waals surface area contributed by atoms with E-state index in [9.17, 15) is 0 Å². The van der Waals surface area contributed by atoms with Gasteiger partial charge in [0.25, 0.3) is 0 Å². The second-order valence-electron chi connectivity index (χ2n) is 3.34. The Labute approximate surface area is 88.8 Å². The van der Waals surface area contributed by atoms with Crippen LogP contribution in [-0.2, 0) is 0 Å². The van der Waals surface area contributed by atoms with E-state index in [1.54, 1.807) is 13.8 Å². The lowest BCUT2D eigenvalue weighted by atomic mass is 9.90. The third-order valence-corrected chi connectivity index (χ3v) is 2.71. The van der Waals surface area contributed by atoms with Gasteiger partial charge in [0.2, 0.25) is 0 Å². The number of rotatable bonds is 0. The largest absolute Gasteiger partial charge is 0.192 e. The molecule has 0 aromatic heterocycles. The van der Waals surface area contributed by atoms with Gasteiger partial charge >= 0.3 is 0 Å². The zero-order chi connectivity index (χ0) is 11.6. The molecule has 15 heavy (non-hydrogen) atoms. The Bertz CT molecular complexity index is 507. The van der Waals surface area contributed by atoms with Crippen LogP contribution >= 0.6 is 0 Å². The zero-order valence-corrected chi connectivity index (χ0v) is 8.84. The van der Waals surface area contributed by atoms with Crippen LogP contribution in [0.1, 0.15) is 33.4 Å². The summed E-state index contributed by atoms with van der Waals surface area (Å²) in [5.74, 6) is 0. The molecule has 0 heterocycles. The summed E-state index contributed by atoms with van der Waals surface area (Å²) in [4.78, 5) is 0. The maximum atomic E-state index is 8.96. The summed E-state index contributed by atoms with van der Waals surface area (Å²) in [5.41, 5.74) is 3.30. The number of nitriles is 3. The van der Waals surface area contributed by atoms with Gasteiger partial charge in [-0.1, -0.05) is 0 Å². The standard InChI is InChI=1S/C12H9N3/c1-7-8(2)10(4-13)12(6-15)11(5-14)9(7)3/h1-3H3. The van der Waals surface area contributed by atoms with Crippen LogP contribution in [0, 0.1) is 54.8 Å². The van der Waals surface area contributed by atoms with E-state index in [2.05, 4.69) is 0 Å². The Balaban J connectivity index is 3.90. The molecule has 3 nitrogen and oxygen atoms in total. The molecular formula is C12H9N3. The quantitative estimate of drug-likeness (QED) is 0.637. The maximum Gasteiger partial charge on any atom is 0.102 e. The van der Waals surface area contributed by atoms with Crippen LogP contribution in [-0.4, -0.2) is 0 Å². The second kappa shape index (κ2) is 3.82. The van der Waals surface area contributed by atoms with E-state index in [1.807, 2.05) is 25.1 Å². The fourth-order valence-electron chi connectivity index (χ4n) is 1.55. The van der Waals surface area contributed by atoms with E-state index in [0.717, 1.165) is 16.7 Å². The summed E-state index contributed by atoms with van der Waals surface area (Å²) in [6.07, 6.45) is 0. The minimum Gasteiger partial charge on any atom is -0.192 e. The lowest BCUT2D eigenvalue weighted by Gasteiger charge is -2.10. The Morgan fingerprint density at radius 2 is 0.933 bits per heavy atom. The molecule has 1 aromatic carbocycles. The van der Waals surface area contributed by atoms with E-state index >= 15 is 0 Å². The molecule has 0 aliphatic carbocycles. The fraction of sp³-hybridized carbons (Fsp3) is 0.250. The van der Waals surface area contributed by atoms with Crippen molar-refractivity contribution >= 4 is 0 Å². The predicted molar refractivity (Wildman–Crippen MR) is 54.8 cm³/mol. The highest BCUT2D eigenvalue weighted by Crippen LogP contribution is 2.25. The molecule has 0 atom stereocenters. The first-order chi connectivity index (χ1) is 7.08. The van der Waals surface area contributed by atoms with Crippen molar-refractivity contribution in [2.45, 2.75) is 20.8 Å². The highest BCUT2D eigenvalue weighted by atomic mass is 14.3. The summed E-state index contributed by atoms with van der Waals surface area (Å²) in [5, 5.41) is 26.9. The molecule has 0 fully saturated rings. The summed E-state index contributed by atoms with van der Waals surface area (Å²) in [7, 11) is 0. The first kappa shape index (κ1) is 10.8. The first-order valence-electron chi connectivity index (χ1n) is 4.42. The molecule has 0 saturated heterocycles. The van der Waals surface area contributed by atoms with Gasteiger partial charge in [0, 0.05) is 0 Å². The number of nitrogens with zero attached hydrogens (tertiary/aromatic N) is 3. The van der Waals surface area contributed by atoms with Gasteiger partial charge in [-0.25, -0.2) is 0 Å². The van der Waals surface area contributed by atoms with Gasteiger partial charge in [-0.3, -0.25) is 0 Å². The van der Waals surface area contributed by atoms with E-state index in [1.165, 1.54) is 0 Å². The molecule has 0 bridgehead atoms. The normalized spacial score (nSPS) is 8.80. The van der Waals surface area contributed by atoms with Crippen molar-refractivity contribution in [3.05, 3.63) is 33.4 Å². The molecule has 0 N–H and O–H groups in total. The van der Waals surface area contributed by atoms with E-state index in [-0.39, 0.29) is 5.56 Å². The molecule has 0 aliphatic rings. The molecule has 0 aliphatic heterocycles. The maximum absolute atomic E-state index is 8.96. The Morgan fingerprint density at radius 3 is 1.20 bits per heavy atom. The first-order valence-corrected chi connectivity index (χ1v) is 4.42. The van der Waals surface area contributed by atoms with Gasteiger partial charge in [0.15, 0.2) is 0 Å².